The Morgan fingerprint density at radius 1 is 1.37 bits per heavy atom. The van der Waals surface area contributed by atoms with Gasteiger partial charge in [0.15, 0.2) is 0 Å². The minimum atomic E-state index is -0.542. The molecule has 0 heterocycles. The lowest BCUT2D eigenvalue weighted by molar-refractivity contribution is 0.0526. The zero-order valence-corrected chi connectivity index (χ0v) is 12.6. The number of esters is 1. The van der Waals surface area contributed by atoms with E-state index in [9.17, 15) is 9.59 Å². The number of ether oxygens (including phenoxy) is 2. The van der Waals surface area contributed by atoms with Crippen molar-refractivity contribution >= 4 is 33.7 Å². The average molecular weight is 330 g/mol. The maximum atomic E-state index is 11.5. The third-order valence-electron chi connectivity index (χ3n) is 2.06. The van der Waals surface area contributed by atoms with Crippen molar-refractivity contribution in [2.24, 2.45) is 0 Å². The molecule has 0 saturated carbocycles. The van der Waals surface area contributed by atoms with Crippen LogP contribution in [0.1, 0.15) is 31.1 Å². The average Bonchev–Trinajstić information content (AvgIpc) is 2.31. The molecule has 0 aliphatic heterocycles. The van der Waals surface area contributed by atoms with E-state index in [1.54, 1.807) is 39.0 Å². The number of nitrogens with one attached hydrogen (secondary N) is 1. The van der Waals surface area contributed by atoms with Crippen molar-refractivity contribution in [3.63, 3.8) is 0 Å². The molecule has 6 heteroatoms. The van der Waals surface area contributed by atoms with Crippen LogP contribution in [0.2, 0.25) is 0 Å². The Kier molecular flexibility index (Phi) is 5.82. The second-order valence-electron chi connectivity index (χ2n) is 3.99. The van der Waals surface area contributed by atoms with Gasteiger partial charge >= 0.3 is 12.1 Å². The van der Waals surface area contributed by atoms with Gasteiger partial charge in [-0.05, 0) is 54.9 Å². The molecule has 5 nitrogen and oxygen atoms in total. The van der Waals surface area contributed by atoms with Crippen LogP contribution in [0, 0.1) is 0 Å². The number of anilines is 1. The summed E-state index contributed by atoms with van der Waals surface area (Å²) in [7, 11) is 0. The van der Waals surface area contributed by atoms with Crippen LogP contribution in [0.25, 0.3) is 0 Å². The van der Waals surface area contributed by atoms with Crippen molar-refractivity contribution in [1.29, 1.82) is 0 Å². The highest BCUT2D eigenvalue weighted by Crippen LogP contribution is 2.24. The Labute approximate surface area is 120 Å². The summed E-state index contributed by atoms with van der Waals surface area (Å²) >= 11 is 3.28. The summed E-state index contributed by atoms with van der Waals surface area (Å²) in [5, 5.41) is 2.58. The highest BCUT2D eigenvalue weighted by Gasteiger charge is 2.12. The fourth-order valence-electron chi connectivity index (χ4n) is 1.31. The molecule has 1 amide bonds. The smallest absolute Gasteiger partial charge is 0.411 e. The second-order valence-corrected chi connectivity index (χ2v) is 4.85. The number of rotatable bonds is 4. The van der Waals surface area contributed by atoms with E-state index in [1.807, 2.05) is 0 Å². The van der Waals surface area contributed by atoms with E-state index in [4.69, 9.17) is 9.47 Å². The largest absolute Gasteiger partial charge is 0.462 e. The quantitative estimate of drug-likeness (QED) is 0.857. The number of carbonyl (C=O) groups excluding carboxylic acids is 2. The normalized spacial score (nSPS) is 10.2. The van der Waals surface area contributed by atoms with E-state index in [-0.39, 0.29) is 6.10 Å². The number of hydrogen-bond donors (Lipinski definition) is 1. The van der Waals surface area contributed by atoms with Gasteiger partial charge < -0.3 is 9.47 Å². The Balaban J connectivity index is 2.77. The summed E-state index contributed by atoms with van der Waals surface area (Å²) in [5.74, 6) is -0.403. The fourth-order valence-corrected chi connectivity index (χ4v) is 1.79. The van der Waals surface area contributed by atoms with Crippen LogP contribution < -0.4 is 5.32 Å². The van der Waals surface area contributed by atoms with E-state index in [0.29, 0.717) is 22.3 Å². The van der Waals surface area contributed by atoms with Gasteiger partial charge in [-0.3, -0.25) is 5.32 Å². The standard InChI is InChI=1S/C13H16BrNO4/c1-4-18-12(16)9-5-6-11(10(14)7-9)15-13(17)19-8(2)3/h5-8H,4H2,1-3H3,(H,15,17). The van der Waals surface area contributed by atoms with Crippen molar-refractivity contribution in [2.45, 2.75) is 26.9 Å². The van der Waals surface area contributed by atoms with Crippen LogP contribution in [0.15, 0.2) is 22.7 Å². The Bertz CT molecular complexity index is 474. The minimum absolute atomic E-state index is 0.197. The monoisotopic (exact) mass is 329 g/mol. The van der Waals surface area contributed by atoms with Gasteiger partial charge in [-0.25, -0.2) is 9.59 Å². The lowest BCUT2D eigenvalue weighted by Gasteiger charge is -2.11. The molecule has 0 saturated heterocycles. The first kappa shape index (κ1) is 15.5. The Morgan fingerprint density at radius 2 is 2.05 bits per heavy atom. The van der Waals surface area contributed by atoms with Crippen LogP contribution in [0.4, 0.5) is 10.5 Å². The minimum Gasteiger partial charge on any atom is -0.462 e. The van der Waals surface area contributed by atoms with E-state index in [0.717, 1.165) is 0 Å². The summed E-state index contributed by atoms with van der Waals surface area (Å²) in [6, 6.07) is 4.77. The van der Waals surface area contributed by atoms with Crippen LogP contribution in [0.3, 0.4) is 0 Å². The first-order chi connectivity index (χ1) is 8.93. The first-order valence-electron chi connectivity index (χ1n) is 5.88. The Morgan fingerprint density at radius 3 is 2.58 bits per heavy atom. The van der Waals surface area contributed by atoms with E-state index in [1.165, 1.54) is 0 Å². The molecular formula is C13H16BrNO4. The summed E-state index contributed by atoms with van der Waals surface area (Å²) in [6.07, 6.45) is -0.739. The second kappa shape index (κ2) is 7.13. The van der Waals surface area contributed by atoms with Gasteiger partial charge in [0.05, 0.1) is 24.0 Å². The van der Waals surface area contributed by atoms with Crippen LogP contribution in [-0.4, -0.2) is 24.8 Å². The summed E-state index contributed by atoms with van der Waals surface area (Å²) < 4.78 is 10.4. The van der Waals surface area contributed by atoms with Crippen LogP contribution in [0.5, 0.6) is 0 Å². The molecular weight excluding hydrogens is 314 g/mol. The molecule has 0 aliphatic rings. The van der Waals surface area contributed by atoms with E-state index < -0.39 is 12.1 Å². The number of amides is 1. The van der Waals surface area contributed by atoms with Crippen molar-refractivity contribution in [3.8, 4) is 0 Å². The molecule has 1 aromatic rings. The van der Waals surface area contributed by atoms with Crippen LogP contribution in [-0.2, 0) is 9.47 Å². The molecule has 0 atom stereocenters. The third kappa shape index (κ3) is 4.90. The predicted molar refractivity (Wildman–Crippen MR) is 75.3 cm³/mol. The third-order valence-corrected chi connectivity index (χ3v) is 2.72. The van der Waals surface area contributed by atoms with Crippen molar-refractivity contribution in [3.05, 3.63) is 28.2 Å². The molecule has 1 N–H and O–H groups in total. The topological polar surface area (TPSA) is 64.6 Å². The van der Waals surface area contributed by atoms with E-state index >= 15 is 0 Å². The van der Waals surface area contributed by atoms with Gasteiger partial charge in [0.2, 0.25) is 0 Å². The number of benzene rings is 1. The van der Waals surface area contributed by atoms with Gasteiger partial charge in [0, 0.05) is 4.47 Å². The number of halogens is 1. The van der Waals surface area contributed by atoms with Gasteiger partial charge in [-0.1, -0.05) is 0 Å². The fraction of sp³-hybridized carbons (Fsp3) is 0.385. The molecule has 0 unspecified atom stereocenters. The predicted octanol–water partition coefficient (Wildman–Crippen LogP) is 3.58. The molecule has 0 spiro atoms. The van der Waals surface area contributed by atoms with Gasteiger partial charge in [-0.15, -0.1) is 0 Å². The molecule has 1 aromatic carbocycles. The van der Waals surface area contributed by atoms with Crippen molar-refractivity contribution < 1.29 is 19.1 Å². The summed E-state index contributed by atoms with van der Waals surface area (Å²) in [4.78, 5) is 23.0. The lowest BCUT2D eigenvalue weighted by Crippen LogP contribution is -2.18. The summed E-state index contributed by atoms with van der Waals surface area (Å²) in [6.45, 7) is 5.58. The van der Waals surface area contributed by atoms with Gasteiger partial charge in [0.25, 0.3) is 0 Å². The molecule has 1 rings (SSSR count). The first-order valence-corrected chi connectivity index (χ1v) is 6.67. The zero-order chi connectivity index (χ0) is 14.4. The lowest BCUT2D eigenvalue weighted by atomic mass is 10.2. The molecule has 104 valence electrons. The molecule has 19 heavy (non-hydrogen) atoms. The number of hydrogen-bond acceptors (Lipinski definition) is 4. The maximum absolute atomic E-state index is 11.5. The van der Waals surface area contributed by atoms with Crippen LogP contribution >= 0.6 is 15.9 Å². The molecule has 0 bridgehead atoms. The SMILES string of the molecule is CCOC(=O)c1ccc(NC(=O)OC(C)C)c(Br)c1. The highest BCUT2D eigenvalue weighted by molar-refractivity contribution is 9.10. The molecule has 0 aliphatic carbocycles. The van der Waals surface area contributed by atoms with Gasteiger partial charge in [-0.2, -0.15) is 0 Å². The molecule has 0 radical (unpaired) electrons. The van der Waals surface area contributed by atoms with Crippen molar-refractivity contribution in [1.82, 2.24) is 0 Å². The molecule has 0 fully saturated rings. The van der Waals surface area contributed by atoms with E-state index in [2.05, 4.69) is 21.2 Å². The zero-order valence-electron chi connectivity index (χ0n) is 11.0. The summed E-state index contributed by atoms with van der Waals surface area (Å²) in [5.41, 5.74) is 0.940. The highest BCUT2D eigenvalue weighted by atomic mass is 79.9. The number of carbonyl (C=O) groups is 2. The molecule has 0 aromatic heterocycles. The van der Waals surface area contributed by atoms with Gasteiger partial charge in [0.1, 0.15) is 0 Å². The maximum Gasteiger partial charge on any atom is 0.411 e. The Hall–Kier alpha value is -1.56. The van der Waals surface area contributed by atoms with Crippen molar-refractivity contribution in [2.75, 3.05) is 11.9 Å².